The average Bonchev–Trinajstić information content (AvgIpc) is 2.40. The van der Waals surface area contributed by atoms with E-state index in [-0.39, 0.29) is 11.3 Å². The van der Waals surface area contributed by atoms with Crippen molar-refractivity contribution >= 4 is 18.0 Å². The van der Waals surface area contributed by atoms with Gasteiger partial charge in [0, 0.05) is 25.0 Å². The van der Waals surface area contributed by atoms with Crippen LogP contribution in [0, 0.1) is 5.41 Å². The Morgan fingerprint density at radius 1 is 1.45 bits per heavy atom. The molecule has 1 amide bonds. The molecule has 0 aliphatic heterocycles. The number of pyridine rings is 1. The van der Waals surface area contributed by atoms with Gasteiger partial charge in [0.25, 0.3) is 5.91 Å². The summed E-state index contributed by atoms with van der Waals surface area (Å²) in [5.41, 5.74) is 1.26. The van der Waals surface area contributed by atoms with E-state index in [2.05, 4.69) is 17.2 Å². The second-order valence-corrected chi connectivity index (χ2v) is 5.53. The van der Waals surface area contributed by atoms with Gasteiger partial charge in [-0.2, -0.15) is 0 Å². The van der Waals surface area contributed by atoms with Crippen LogP contribution >= 0.6 is 0 Å². The molecule has 0 saturated heterocycles. The van der Waals surface area contributed by atoms with Gasteiger partial charge in [0.1, 0.15) is 0 Å². The molecule has 0 atom stereocenters. The molecule has 1 aromatic rings. The molecule has 2 rings (SSSR count). The number of aromatic nitrogens is 1. The lowest BCUT2D eigenvalue weighted by Gasteiger charge is -2.38. The summed E-state index contributed by atoms with van der Waals surface area (Å²) in [6.07, 6.45) is 8.96. The number of hydrogen-bond acceptors (Lipinski definition) is 3. The summed E-state index contributed by atoms with van der Waals surface area (Å²) in [7, 11) is 0. The second kappa shape index (κ2) is 5.86. The van der Waals surface area contributed by atoms with Crippen LogP contribution < -0.4 is 5.32 Å². The molecular weight excluding hydrogens is 256 g/mol. The molecule has 5 nitrogen and oxygen atoms in total. The van der Waals surface area contributed by atoms with Gasteiger partial charge < -0.3 is 10.4 Å². The number of carboxylic acids is 1. The SMILES string of the molecule is CC1(CNC(=O)c2cncc(/C=C/C(=O)O)c2)CCC1. The molecule has 1 heterocycles. The normalized spacial score (nSPS) is 16.6. The maximum absolute atomic E-state index is 12.0. The molecule has 0 bridgehead atoms. The maximum atomic E-state index is 12.0. The van der Waals surface area contributed by atoms with E-state index >= 15 is 0 Å². The van der Waals surface area contributed by atoms with Gasteiger partial charge in [0.05, 0.1) is 5.56 Å². The van der Waals surface area contributed by atoms with E-state index < -0.39 is 5.97 Å². The lowest BCUT2D eigenvalue weighted by molar-refractivity contribution is -0.131. The standard InChI is InChI=1S/C15H18N2O3/c1-15(5-2-6-15)10-17-14(20)12-7-11(8-16-9-12)3-4-13(18)19/h3-4,7-9H,2,5-6,10H2,1H3,(H,17,20)(H,18,19)/b4-3+. The van der Waals surface area contributed by atoms with E-state index in [9.17, 15) is 9.59 Å². The first-order chi connectivity index (χ1) is 9.48. The van der Waals surface area contributed by atoms with Crippen LogP contribution in [0.3, 0.4) is 0 Å². The van der Waals surface area contributed by atoms with E-state index in [1.54, 1.807) is 6.07 Å². The van der Waals surface area contributed by atoms with Crippen molar-refractivity contribution in [3.63, 3.8) is 0 Å². The quantitative estimate of drug-likeness (QED) is 0.806. The molecule has 1 aliphatic carbocycles. The second-order valence-electron chi connectivity index (χ2n) is 5.53. The number of carbonyl (C=O) groups is 2. The number of aliphatic carboxylic acids is 1. The third-order valence-corrected chi connectivity index (χ3v) is 3.68. The summed E-state index contributed by atoms with van der Waals surface area (Å²) < 4.78 is 0. The Morgan fingerprint density at radius 3 is 2.80 bits per heavy atom. The van der Waals surface area contributed by atoms with Crippen molar-refractivity contribution in [3.8, 4) is 0 Å². The van der Waals surface area contributed by atoms with E-state index in [0.717, 1.165) is 18.9 Å². The third-order valence-electron chi connectivity index (χ3n) is 3.68. The van der Waals surface area contributed by atoms with Crippen molar-refractivity contribution in [3.05, 3.63) is 35.7 Å². The van der Waals surface area contributed by atoms with Crippen molar-refractivity contribution in [1.82, 2.24) is 10.3 Å². The fourth-order valence-electron chi connectivity index (χ4n) is 2.19. The molecule has 1 aliphatic rings. The molecular formula is C15H18N2O3. The smallest absolute Gasteiger partial charge is 0.328 e. The van der Waals surface area contributed by atoms with Gasteiger partial charge in [-0.25, -0.2) is 4.79 Å². The predicted octanol–water partition coefficient (Wildman–Crippen LogP) is 2.10. The largest absolute Gasteiger partial charge is 0.478 e. The van der Waals surface area contributed by atoms with Crippen LogP contribution in [0.2, 0.25) is 0 Å². The summed E-state index contributed by atoms with van der Waals surface area (Å²) in [4.78, 5) is 26.4. The van der Waals surface area contributed by atoms with Crippen molar-refractivity contribution in [2.75, 3.05) is 6.54 Å². The van der Waals surface area contributed by atoms with Gasteiger partial charge in [-0.3, -0.25) is 9.78 Å². The number of amides is 1. The predicted molar refractivity (Wildman–Crippen MR) is 75.2 cm³/mol. The Kier molecular flexibility index (Phi) is 4.17. The fourth-order valence-corrected chi connectivity index (χ4v) is 2.19. The van der Waals surface area contributed by atoms with Crippen LogP contribution in [0.4, 0.5) is 0 Å². The Morgan fingerprint density at radius 2 is 2.20 bits per heavy atom. The molecule has 0 aromatic carbocycles. The summed E-state index contributed by atoms with van der Waals surface area (Å²) >= 11 is 0. The third kappa shape index (κ3) is 3.66. The monoisotopic (exact) mass is 274 g/mol. The lowest BCUT2D eigenvalue weighted by Crippen LogP contribution is -2.39. The molecule has 1 aromatic heterocycles. The summed E-state index contributed by atoms with van der Waals surface area (Å²) in [5.74, 6) is -1.20. The number of hydrogen-bond donors (Lipinski definition) is 2. The van der Waals surface area contributed by atoms with Crippen molar-refractivity contribution < 1.29 is 14.7 Å². The number of rotatable bonds is 5. The Balaban J connectivity index is 1.98. The molecule has 1 fully saturated rings. The minimum Gasteiger partial charge on any atom is -0.478 e. The molecule has 2 N–H and O–H groups in total. The number of carboxylic acid groups (broad SMARTS) is 1. The topological polar surface area (TPSA) is 79.3 Å². The summed E-state index contributed by atoms with van der Waals surface area (Å²) in [6, 6.07) is 1.63. The molecule has 0 spiro atoms. The highest BCUT2D eigenvalue weighted by molar-refractivity contribution is 5.94. The first-order valence-corrected chi connectivity index (χ1v) is 6.63. The molecule has 20 heavy (non-hydrogen) atoms. The average molecular weight is 274 g/mol. The van der Waals surface area contributed by atoms with Crippen LogP contribution in [-0.2, 0) is 4.79 Å². The van der Waals surface area contributed by atoms with E-state index in [0.29, 0.717) is 17.7 Å². The lowest BCUT2D eigenvalue weighted by atomic mass is 9.70. The maximum Gasteiger partial charge on any atom is 0.328 e. The zero-order valence-corrected chi connectivity index (χ0v) is 11.4. The van der Waals surface area contributed by atoms with Crippen molar-refractivity contribution in [1.29, 1.82) is 0 Å². The van der Waals surface area contributed by atoms with E-state index in [4.69, 9.17) is 5.11 Å². The number of carbonyl (C=O) groups excluding carboxylic acids is 1. The van der Waals surface area contributed by atoms with Gasteiger partial charge in [-0.05, 0) is 36.0 Å². The van der Waals surface area contributed by atoms with Crippen LogP contribution in [0.25, 0.3) is 6.08 Å². The van der Waals surface area contributed by atoms with Crippen molar-refractivity contribution in [2.45, 2.75) is 26.2 Å². The van der Waals surface area contributed by atoms with Crippen LogP contribution in [0.5, 0.6) is 0 Å². The van der Waals surface area contributed by atoms with E-state index in [1.165, 1.54) is 24.9 Å². The zero-order valence-electron chi connectivity index (χ0n) is 11.4. The highest BCUT2D eigenvalue weighted by Gasteiger charge is 2.31. The Bertz CT molecular complexity index is 548. The fraction of sp³-hybridized carbons (Fsp3) is 0.400. The number of nitrogens with one attached hydrogen (secondary N) is 1. The highest BCUT2D eigenvalue weighted by atomic mass is 16.4. The molecule has 0 radical (unpaired) electrons. The molecule has 106 valence electrons. The van der Waals surface area contributed by atoms with Crippen LogP contribution in [0.15, 0.2) is 24.5 Å². The summed E-state index contributed by atoms with van der Waals surface area (Å²) in [5, 5.41) is 11.5. The molecule has 0 unspecified atom stereocenters. The number of nitrogens with zero attached hydrogens (tertiary/aromatic N) is 1. The first-order valence-electron chi connectivity index (χ1n) is 6.63. The Hall–Kier alpha value is -2.17. The zero-order chi connectivity index (χ0) is 14.6. The van der Waals surface area contributed by atoms with E-state index in [1.807, 2.05) is 0 Å². The van der Waals surface area contributed by atoms with Crippen LogP contribution in [0.1, 0.15) is 42.1 Å². The minimum absolute atomic E-state index is 0.170. The van der Waals surface area contributed by atoms with Gasteiger partial charge in [0.2, 0.25) is 0 Å². The van der Waals surface area contributed by atoms with Crippen LogP contribution in [-0.4, -0.2) is 28.5 Å². The summed E-state index contributed by atoms with van der Waals surface area (Å²) in [6.45, 7) is 2.84. The molecule has 1 saturated carbocycles. The van der Waals surface area contributed by atoms with Gasteiger partial charge in [-0.1, -0.05) is 13.3 Å². The highest BCUT2D eigenvalue weighted by Crippen LogP contribution is 2.39. The van der Waals surface area contributed by atoms with Gasteiger partial charge >= 0.3 is 5.97 Å². The van der Waals surface area contributed by atoms with Crippen molar-refractivity contribution in [2.24, 2.45) is 5.41 Å². The van der Waals surface area contributed by atoms with Gasteiger partial charge in [0.15, 0.2) is 0 Å². The molecule has 5 heteroatoms. The Labute approximate surface area is 117 Å². The first kappa shape index (κ1) is 14.2. The van der Waals surface area contributed by atoms with Gasteiger partial charge in [-0.15, -0.1) is 0 Å². The minimum atomic E-state index is -1.03.